The molecule has 0 bridgehead atoms. The van der Waals surface area contributed by atoms with E-state index >= 15 is 0 Å². The van der Waals surface area contributed by atoms with Gasteiger partial charge in [-0.3, -0.25) is 0 Å². The number of aliphatic carboxylic acids is 1. The summed E-state index contributed by atoms with van der Waals surface area (Å²) in [5.74, 6) is -0.958. The number of carboxylic acid groups (broad SMARTS) is 1. The number of carboxylic acids is 1. The van der Waals surface area contributed by atoms with Crippen molar-refractivity contribution >= 4 is 12.0 Å². The lowest BCUT2D eigenvalue weighted by atomic mass is 10.2. The minimum Gasteiger partial charge on any atom is -0.479 e. The largest absolute Gasteiger partial charge is 0.479 e. The lowest BCUT2D eigenvalue weighted by Crippen LogP contribution is -2.21. The summed E-state index contributed by atoms with van der Waals surface area (Å²) in [4.78, 5) is 10.9. The summed E-state index contributed by atoms with van der Waals surface area (Å²) in [6, 6.07) is 9.55. The molecule has 1 unspecified atom stereocenters. The predicted molar refractivity (Wildman–Crippen MR) is 63.1 cm³/mol. The van der Waals surface area contributed by atoms with Gasteiger partial charge in [-0.25, -0.2) is 4.79 Å². The molecule has 86 valence electrons. The van der Waals surface area contributed by atoms with Crippen LogP contribution < -0.4 is 0 Å². The highest BCUT2D eigenvalue weighted by Crippen LogP contribution is 2.04. The van der Waals surface area contributed by atoms with E-state index in [2.05, 4.69) is 0 Å². The summed E-state index contributed by atoms with van der Waals surface area (Å²) in [6.07, 6.45) is 3.27. The van der Waals surface area contributed by atoms with Gasteiger partial charge in [0, 0.05) is 6.61 Å². The molecule has 1 atom stereocenters. The topological polar surface area (TPSA) is 46.5 Å². The zero-order valence-electron chi connectivity index (χ0n) is 9.30. The quantitative estimate of drug-likeness (QED) is 0.801. The highest BCUT2D eigenvalue weighted by Gasteiger charge is 2.12. The van der Waals surface area contributed by atoms with Crippen LogP contribution in [0.2, 0.25) is 0 Å². The van der Waals surface area contributed by atoms with E-state index in [4.69, 9.17) is 9.84 Å². The van der Waals surface area contributed by atoms with Gasteiger partial charge in [0.2, 0.25) is 0 Å². The van der Waals surface area contributed by atoms with Crippen LogP contribution >= 0.6 is 0 Å². The van der Waals surface area contributed by atoms with E-state index in [0.717, 1.165) is 12.0 Å². The van der Waals surface area contributed by atoms with Gasteiger partial charge in [0.1, 0.15) is 0 Å². The molecule has 0 heterocycles. The Kier molecular flexibility index (Phi) is 5.29. The number of benzene rings is 1. The lowest BCUT2D eigenvalue weighted by molar-refractivity contribution is -0.147. The average molecular weight is 220 g/mol. The third-order valence-corrected chi connectivity index (χ3v) is 2.01. The Bertz CT molecular complexity index is 343. The van der Waals surface area contributed by atoms with E-state index in [1.54, 1.807) is 12.2 Å². The molecule has 0 radical (unpaired) electrons. The highest BCUT2D eigenvalue weighted by molar-refractivity contribution is 5.76. The maximum absolute atomic E-state index is 10.9. The van der Waals surface area contributed by atoms with E-state index in [-0.39, 0.29) is 0 Å². The Balaban J connectivity index is 2.61. The molecular weight excluding hydrogens is 204 g/mol. The Morgan fingerprint density at radius 1 is 1.44 bits per heavy atom. The molecule has 0 aliphatic rings. The van der Waals surface area contributed by atoms with Crippen molar-refractivity contribution in [1.82, 2.24) is 0 Å². The standard InChI is InChI=1S/C13H16O3/c1-2-10-16-12(13(14)15)9-8-11-6-4-3-5-7-11/h3-9,12H,2,10H2,1H3,(H,14,15). The summed E-state index contributed by atoms with van der Waals surface area (Å²) in [6.45, 7) is 2.40. The molecule has 0 aliphatic carbocycles. The maximum Gasteiger partial charge on any atom is 0.336 e. The molecular formula is C13H16O3. The summed E-state index contributed by atoms with van der Waals surface area (Å²) in [5.41, 5.74) is 0.967. The Morgan fingerprint density at radius 2 is 2.12 bits per heavy atom. The number of hydrogen-bond acceptors (Lipinski definition) is 2. The van der Waals surface area contributed by atoms with Crippen molar-refractivity contribution < 1.29 is 14.6 Å². The van der Waals surface area contributed by atoms with Crippen molar-refractivity contribution in [3.63, 3.8) is 0 Å². The van der Waals surface area contributed by atoms with Crippen molar-refractivity contribution in [2.24, 2.45) is 0 Å². The fraction of sp³-hybridized carbons (Fsp3) is 0.308. The zero-order valence-corrected chi connectivity index (χ0v) is 9.30. The molecule has 1 rings (SSSR count). The molecule has 3 nitrogen and oxygen atoms in total. The van der Waals surface area contributed by atoms with Gasteiger partial charge in [-0.05, 0) is 18.1 Å². The Labute approximate surface area is 95.4 Å². The normalized spacial score (nSPS) is 12.8. The van der Waals surface area contributed by atoms with Gasteiger partial charge < -0.3 is 9.84 Å². The van der Waals surface area contributed by atoms with Gasteiger partial charge >= 0.3 is 5.97 Å². The SMILES string of the molecule is CCCOC(C=Cc1ccccc1)C(=O)O. The maximum atomic E-state index is 10.9. The van der Waals surface area contributed by atoms with E-state index in [9.17, 15) is 4.79 Å². The molecule has 0 saturated heterocycles. The lowest BCUT2D eigenvalue weighted by Gasteiger charge is -2.07. The second-order valence-electron chi connectivity index (χ2n) is 3.40. The van der Waals surface area contributed by atoms with Crippen molar-refractivity contribution in [3.8, 4) is 0 Å². The van der Waals surface area contributed by atoms with Gasteiger partial charge in [-0.15, -0.1) is 0 Å². The van der Waals surface area contributed by atoms with Crippen LogP contribution in [0.1, 0.15) is 18.9 Å². The average Bonchev–Trinajstić information content (AvgIpc) is 2.30. The van der Waals surface area contributed by atoms with Crippen molar-refractivity contribution in [3.05, 3.63) is 42.0 Å². The van der Waals surface area contributed by atoms with Crippen LogP contribution in [0.3, 0.4) is 0 Å². The third-order valence-electron chi connectivity index (χ3n) is 2.01. The van der Waals surface area contributed by atoms with Crippen LogP contribution in [0.15, 0.2) is 36.4 Å². The fourth-order valence-corrected chi connectivity index (χ4v) is 1.22. The highest BCUT2D eigenvalue weighted by atomic mass is 16.5. The molecule has 0 amide bonds. The number of hydrogen-bond donors (Lipinski definition) is 1. The van der Waals surface area contributed by atoms with Gasteiger partial charge in [0.25, 0.3) is 0 Å². The van der Waals surface area contributed by atoms with Crippen LogP contribution in [-0.2, 0) is 9.53 Å². The minimum atomic E-state index is -0.958. The van der Waals surface area contributed by atoms with Gasteiger partial charge in [-0.1, -0.05) is 43.3 Å². The molecule has 0 spiro atoms. The fourth-order valence-electron chi connectivity index (χ4n) is 1.22. The summed E-state index contributed by atoms with van der Waals surface area (Å²) < 4.78 is 5.19. The van der Waals surface area contributed by atoms with Gasteiger partial charge in [0.15, 0.2) is 6.10 Å². The van der Waals surface area contributed by atoms with Crippen LogP contribution in [0.4, 0.5) is 0 Å². The van der Waals surface area contributed by atoms with Crippen LogP contribution in [0.25, 0.3) is 6.08 Å². The second-order valence-corrected chi connectivity index (χ2v) is 3.40. The van der Waals surface area contributed by atoms with Gasteiger partial charge in [-0.2, -0.15) is 0 Å². The van der Waals surface area contributed by atoms with Crippen LogP contribution in [0, 0.1) is 0 Å². The number of carbonyl (C=O) groups is 1. The van der Waals surface area contributed by atoms with E-state index in [1.165, 1.54) is 0 Å². The number of rotatable bonds is 6. The van der Waals surface area contributed by atoms with Crippen LogP contribution in [-0.4, -0.2) is 23.8 Å². The number of ether oxygens (including phenoxy) is 1. The smallest absolute Gasteiger partial charge is 0.336 e. The molecule has 0 fully saturated rings. The Morgan fingerprint density at radius 3 is 2.69 bits per heavy atom. The third kappa shape index (κ3) is 4.28. The zero-order chi connectivity index (χ0) is 11.8. The molecule has 0 aliphatic heterocycles. The summed E-state index contributed by atoms with van der Waals surface area (Å²) in [7, 11) is 0. The molecule has 0 saturated carbocycles. The van der Waals surface area contributed by atoms with Crippen LogP contribution in [0.5, 0.6) is 0 Å². The summed E-state index contributed by atoms with van der Waals surface area (Å²) in [5, 5.41) is 8.90. The second kappa shape index (κ2) is 6.80. The van der Waals surface area contributed by atoms with E-state index < -0.39 is 12.1 Å². The monoisotopic (exact) mass is 220 g/mol. The van der Waals surface area contributed by atoms with Gasteiger partial charge in [0.05, 0.1) is 0 Å². The molecule has 3 heteroatoms. The van der Waals surface area contributed by atoms with Crippen molar-refractivity contribution in [1.29, 1.82) is 0 Å². The first kappa shape index (κ1) is 12.5. The van der Waals surface area contributed by atoms with Crippen molar-refractivity contribution in [2.75, 3.05) is 6.61 Å². The molecule has 0 aromatic heterocycles. The predicted octanol–water partition coefficient (Wildman–Crippen LogP) is 2.58. The molecule has 16 heavy (non-hydrogen) atoms. The minimum absolute atomic E-state index is 0.454. The van der Waals surface area contributed by atoms with Crippen molar-refractivity contribution in [2.45, 2.75) is 19.4 Å². The first-order valence-corrected chi connectivity index (χ1v) is 5.31. The first-order chi connectivity index (χ1) is 7.74. The van der Waals surface area contributed by atoms with E-state index in [0.29, 0.717) is 6.61 Å². The first-order valence-electron chi connectivity index (χ1n) is 5.31. The molecule has 1 N–H and O–H groups in total. The van der Waals surface area contributed by atoms with E-state index in [1.807, 2.05) is 37.3 Å². The summed E-state index contributed by atoms with van der Waals surface area (Å²) >= 11 is 0. The Hall–Kier alpha value is -1.61. The molecule has 1 aromatic carbocycles. The molecule has 1 aromatic rings.